The lowest BCUT2D eigenvalue weighted by Gasteiger charge is -2.31. The van der Waals surface area contributed by atoms with Gasteiger partial charge in [0, 0.05) is 24.7 Å². The number of hydrogen-bond acceptors (Lipinski definition) is 4. The topological polar surface area (TPSA) is 99.9 Å². The Balaban J connectivity index is 1.53. The number of likely N-dealkylation sites (tertiary alicyclic amines) is 1. The van der Waals surface area contributed by atoms with E-state index >= 15 is 0 Å². The number of nitrogens with zero attached hydrogens (tertiary/aromatic N) is 1. The van der Waals surface area contributed by atoms with Gasteiger partial charge in [0.1, 0.15) is 5.82 Å². The average Bonchev–Trinajstić information content (AvgIpc) is 3.13. The quantitative estimate of drug-likeness (QED) is 0.870. The molecule has 1 aliphatic rings. The number of amides is 2. The van der Waals surface area contributed by atoms with Gasteiger partial charge in [0.05, 0.1) is 0 Å². The monoisotopic (exact) mass is 360 g/mol. The molecule has 0 saturated carbocycles. The molecular formula is C18H17FN2O5. The van der Waals surface area contributed by atoms with E-state index in [1.807, 2.05) is 0 Å². The molecule has 1 saturated heterocycles. The largest absolute Gasteiger partial charge is 0.475 e. The minimum atomic E-state index is -1.23. The van der Waals surface area contributed by atoms with E-state index in [-0.39, 0.29) is 29.4 Å². The highest BCUT2D eigenvalue weighted by atomic mass is 19.1. The van der Waals surface area contributed by atoms with Crippen molar-refractivity contribution in [2.75, 3.05) is 13.1 Å². The van der Waals surface area contributed by atoms with Gasteiger partial charge < -0.3 is 19.7 Å². The average molecular weight is 360 g/mol. The zero-order valence-corrected chi connectivity index (χ0v) is 13.8. The van der Waals surface area contributed by atoms with E-state index in [1.165, 1.54) is 36.4 Å². The predicted molar refractivity (Wildman–Crippen MR) is 88.5 cm³/mol. The summed E-state index contributed by atoms with van der Waals surface area (Å²) in [5.74, 6) is -2.60. The van der Waals surface area contributed by atoms with E-state index in [2.05, 4.69) is 5.32 Å². The highest BCUT2D eigenvalue weighted by Crippen LogP contribution is 2.16. The Morgan fingerprint density at radius 1 is 1.04 bits per heavy atom. The maximum absolute atomic E-state index is 12.9. The molecule has 7 nitrogen and oxygen atoms in total. The molecule has 8 heteroatoms. The number of carboxylic acid groups (broad SMARTS) is 1. The first kappa shape index (κ1) is 17.7. The summed E-state index contributed by atoms with van der Waals surface area (Å²) in [4.78, 5) is 36.9. The molecule has 0 atom stereocenters. The van der Waals surface area contributed by atoms with Crippen LogP contribution in [0.1, 0.15) is 44.3 Å². The van der Waals surface area contributed by atoms with Gasteiger partial charge in [-0.05, 0) is 49.2 Å². The first-order valence-electron chi connectivity index (χ1n) is 8.13. The number of nitrogens with one attached hydrogen (secondary N) is 1. The molecule has 3 rings (SSSR count). The molecule has 0 unspecified atom stereocenters. The molecule has 1 aromatic carbocycles. The smallest absolute Gasteiger partial charge is 0.371 e. The van der Waals surface area contributed by atoms with Gasteiger partial charge in [-0.1, -0.05) is 0 Å². The van der Waals surface area contributed by atoms with Crippen molar-refractivity contribution in [3.8, 4) is 0 Å². The Morgan fingerprint density at radius 3 is 2.23 bits per heavy atom. The van der Waals surface area contributed by atoms with Crippen LogP contribution in [-0.4, -0.2) is 46.9 Å². The molecule has 2 amide bonds. The van der Waals surface area contributed by atoms with Gasteiger partial charge >= 0.3 is 5.97 Å². The van der Waals surface area contributed by atoms with E-state index in [0.29, 0.717) is 31.5 Å². The summed E-state index contributed by atoms with van der Waals surface area (Å²) in [6.07, 6.45) is 1.12. The lowest BCUT2D eigenvalue weighted by atomic mass is 10.0. The molecule has 0 bridgehead atoms. The minimum Gasteiger partial charge on any atom is -0.475 e. The molecule has 1 fully saturated rings. The Bertz CT molecular complexity index is 822. The number of halogens is 1. The number of aromatic carboxylic acids is 1. The van der Waals surface area contributed by atoms with Crippen molar-refractivity contribution in [1.29, 1.82) is 0 Å². The van der Waals surface area contributed by atoms with Crippen LogP contribution in [0.3, 0.4) is 0 Å². The van der Waals surface area contributed by atoms with Crippen LogP contribution in [0.5, 0.6) is 0 Å². The number of carbonyl (C=O) groups is 3. The van der Waals surface area contributed by atoms with Gasteiger partial charge in [-0.25, -0.2) is 9.18 Å². The molecule has 2 N–H and O–H groups in total. The third kappa shape index (κ3) is 3.90. The fourth-order valence-electron chi connectivity index (χ4n) is 2.82. The van der Waals surface area contributed by atoms with Crippen LogP contribution in [0.15, 0.2) is 40.8 Å². The van der Waals surface area contributed by atoms with Crippen molar-refractivity contribution in [2.45, 2.75) is 18.9 Å². The summed E-state index contributed by atoms with van der Waals surface area (Å²) in [7, 11) is 0. The Morgan fingerprint density at radius 2 is 1.65 bits per heavy atom. The number of carbonyl (C=O) groups excluding carboxylic acids is 2. The number of carboxylic acids is 1. The summed E-state index contributed by atoms with van der Waals surface area (Å²) in [6, 6.07) is 7.78. The molecule has 1 aromatic heterocycles. The van der Waals surface area contributed by atoms with Crippen LogP contribution in [-0.2, 0) is 0 Å². The summed E-state index contributed by atoms with van der Waals surface area (Å²) < 4.78 is 17.9. The van der Waals surface area contributed by atoms with E-state index in [4.69, 9.17) is 9.52 Å². The number of benzene rings is 1. The zero-order valence-electron chi connectivity index (χ0n) is 13.8. The highest BCUT2D eigenvalue weighted by Gasteiger charge is 2.27. The molecule has 26 heavy (non-hydrogen) atoms. The van der Waals surface area contributed by atoms with Crippen LogP contribution >= 0.6 is 0 Å². The fourth-order valence-corrected chi connectivity index (χ4v) is 2.82. The van der Waals surface area contributed by atoms with Crippen molar-refractivity contribution >= 4 is 17.8 Å². The first-order valence-corrected chi connectivity index (χ1v) is 8.13. The molecular weight excluding hydrogens is 343 g/mol. The second-order valence-electron chi connectivity index (χ2n) is 6.02. The minimum absolute atomic E-state index is 0.0174. The summed E-state index contributed by atoms with van der Waals surface area (Å²) >= 11 is 0. The van der Waals surface area contributed by atoms with Crippen molar-refractivity contribution in [3.05, 3.63) is 59.3 Å². The van der Waals surface area contributed by atoms with E-state index in [0.717, 1.165) is 0 Å². The van der Waals surface area contributed by atoms with Crippen LogP contribution < -0.4 is 5.32 Å². The van der Waals surface area contributed by atoms with Gasteiger partial charge in [0.25, 0.3) is 11.8 Å². The first-order chi connectivity index (χ1) is 12.4. The number of furan rings is 1. The molecule has 2 heterocycles. The molecule has 0 spiro atoms. The van der Waals surface area contributed by atoms with Gasteiger partial charge in [-0.3, -0.25) is 9.59 Å². The second kappa shape index (κ2) is 7.38. The lowest BCUT2D eigenvalue weighted by molar-refractivity contribution is 0.0636. The van der Waals surface area contributed by atoms with Crippen molar-refractivity contribution in [1.82, 2.24) is 10.2 Å². The van der Waals surface area contributed by atoms with E-state index < -0.39 is 11.8 Å². The number of piperidine rings is 1. The van der Waals surface area contributed by atoms with Crippen LogP contribution in [0.2, 0.25) is 0 Å². The molecule has 1 aliphatic heterocycles. The Hall–Kier alpha value is -3.16. The number of rotatable bonds is 4. The van der Waals surface area contributed by atoms with E-state index in [9.17, 15) is 18.8 Å². The normalized spacial score (nSPS) is 14.9. The van der Waals surface area contributed by atoms with Gasteiger partial charge in [-0.15, -0.1) is 0 Å². The van der Waals surface area contributed by atoms with Crippen molar-refractivity contribution < 1.29 is 28.3 Å². The molecule has 136 valence electrons. The fraction of sp³-hybridized carbons (Fsp3) is 0.278. The SMILES string of the molecule is O=C(NC1CCN(C(=O)c2ccc(C(=O)O)o2)CC1)c1ccc(F)cc1. The van der Waals surface area contributed by atoms with Gasteiger partial charge in [-0.2, -0.15) is 0 Å². The number of hydrogen-bond donors (Lipinski definition) is 2. The Kier molecular flexibility index (Phi) is 5.01. The molecule has 0 radical (unpaired) electrons. The van der Waals surface area contributed by atoms with Crippen LogP contribution in [0.25, 0.3) is 0 Å². The van der Waals surface area contributed by atoms with Gasteiger partial charge in [0.15, 0.2) is 5.76 Å². The van der Waals surface area contributed by atoms with Crippen LogP contribution in [0, 0.1) is 5.82 Å². The zero-order chi connectivity index (χ0) is 18.7. The van der Waals surface area contributed by atoms with E-state index in [1.54, 1.807) is 4.90 Å². The Labute approximate surface area is 148 Å². The summed E-state index contributed by atoms with van der Waals surface area (Å²) in [5, 5.41) is 11.7. The highest BCUT2D eigenvalue weighted by molar-refractivity contribution is 5.95. The van der Waals surface area contributed by atoms with Crippen molar-refractivity contribution in [2.24, 2.45) is 0 Å². The standard InChI is InChI=1S/C18H17FN2O5/c19-12-3-1-11(2-4-12)16(22)20-13-7-9-21(10-8-13)17(23)14-5-6-15(26-14)18(24)25/h1-6,13H,7-10H2,(H,20,22)(H,24,25). The molecule has 0 aliphatic carbocycles. The second-order valence-corrected chi connectivity index (χ2v) is 6.02. The maximum Gasteiger partial charge on any atom is 0.371 e. The lowest BCUT2D eigenvalue weighted by Crippen LogP contribution is -2.46. The predicted octanol–water partition coefficient (Wildman–Crippen LogP) is 2.15. The third-order valence-corrected chi connectivity index (χ3v) is 4.25. The third-order valence-electron chi connectivity index (χ3n) is 4.25. The summed E-state index contributed by atoms with van der Waals surface area (Å²) in [5.41, 5.74) is 0.377. The maximum atomic E-state index is 12.9. The molecule has 2 aromatic rings. The van der Waals surface area contributed by atoms with Gasteiger partial charge in [0.2, 0.25) is 5.76 Å². The summed E-state index contributed by atoms with van der Waals surface area (Å²) in [6.45, 7) is 0.826. The van der Waals surface area contributed by atoms with Crippen molar-refractivity contribution in [3.63, 3.8) is 0 Å². The van der Waals surface area contributed by atoms with Crippen LogP contribution in [0.4, 0.5) is 4.39 Å².